The molecule has 0 atom stereocenters. The maximum Gasteiger partial charge on any atom is 0.490 e. The molecule has 2 fully saturated rings. The van der Waals surface area contributed by atoms with Gasteiger partial charge in [0.15, 0.2) is 5.69 Å². The normalized spacial score (nSPS) is 15.7. The Hall–Kier alpha value is -3.44. The quantitative estimate of drug-likeness (QED) is 0.322. The molecule has 1 saturated heterocycles. The van der Waals surface area contributed by atoms with Crippen molar-refractivity contribution < 1.29 is 45.4 Å². The van der Waals surface area contributed by atoms with Crippen LogP contribution < -0.4 is 4.74 Å². The third-order valence-electron chi connectivity index (χ3n) is 7.49. The number of carboxylic acid groups (broad SMARTS) is 1. The lowest BCUT2D eigenvalue weighted by atomic mass is 10.1. The molecule has 0 bridgehead atoms. The Morgan fingerprint density at radius 3 is 2.13 bits per heavy atom. The van der Waals surface area contributed by atoms with E-state index in [4.69, 9.17) is 42.3 Å². The molecule has 1 aliphatic carbocycles. The number of aliphatic carboxylic acids is 1. The van der Waals surface area contributed by atoms with Gasteiger partial charge in [-0.25, -0.2) is 18.2 Å². The first-order valence-electron chi connectivity index (χ1n) is 14.2. The molecule has 2 aliphatic rings. The first-order valence-corrected chi connectivity index (χ1v) is 16.4. The number of benzene rings is 1. The van der Waals surface area contributed by atoms with Gasteiger partial charge in [-0.1, -0.05) is 23.2 Å². The summed E-state index contributed by atoms with van der Waals surface area (Å²) in [6.07, 6.45) is 0.891. The number of halogens is 5. The van der Waals surface area contributed by atoms with E-state index in [0.29, 0.717) is 59.6 Å². The van der Waals surface area contributed by atoms with Gasteiger partial charge >= 0.3 is 12.1 Å². The molecule has 1 amide bonds. The molecule has 3 heterocycles. The Kier molecular flexibility index (Phi) is 11.4. The number of aromatic nitrogens is 2. The molecular weight excluding hydrogens is 690 g/mol. The zero-order valence-electron chi connectivity index (χ0n) is 25.6. The number of hydrogen-bond donors (Lipinski definition) is 1. The molecule has 1 saturated carbocycles. The van der Waals surface area contributed by atoms with Crippen LogP contribution in [0.5, 0.6) is 5.75 Å². The second-order valence-electron chi connectivity index (χ2n) is 11.0. The van der Waals surface area contributed by atoms with Crippen molar-refractivity contribution in [1.82, 2.24) is 24.1 Å². The number of carbonyl (C=O) groups is 2. The number of carboxylic acids is 1. The number of hydrogen-bond acceptors (Lipinski definition) is 9. The van der Waals surface area contributed by atoms with Crippen molar-refractivity contribution >= 4 is 45.1 Å². The zero-order valence-corrected chi connectivity index (χ0v) is 27.9. The minimum atomic E-state index is -5.08. The van der Waals surface area contributed by atoms with E-state index in [1.165, 1.54) is 10.6 Å². The van der Waals surface area contributed by atoms with Gasteiger partial charge in [0.1, 0.15) is 12.0 Å². The van der Waals surface area contributed by atoms with Crippen LogP contribution in [0.4, 0.5) is 13.2 Å². The summed E-state index contributed by atoms with van der Waals surface area (Å²) in [5, 5.41) is 8.15. The molecule has 0 unspecified atom stereocenters. The first-order chi connectivity index (χ1) is 22.0. The lowest BCUT2D eigenvalue weighted by molar-refractivity contribution is -0.192. The fraction of sp³-hybridized carbons (Fsp3) is 0.448. The molecule has 2 aromatic heterocycles. The molecule has 5 rings (SSSR count). The summed E-state index contributed by atoms with van der Waals surface area (Å²) in [6.45, 7) is 6.31. The van der Waals surface area contributed by atoms with E-state index in [2.05, 4.69) is 14.9 Å². The van der Waals surface area contributed by atoms with Crippen LogP contribution in [0.25, 0.3) is 0 Å². The molecule has 3 aromatic rings. The van der Waals surface area contributed by atoms with Crippen molar-refractivity contribution in [2.45, 2.75) is 56.9 Å². The van der Waals surface area contributed by atoms with E-state index < -0.39 is 22.2 Å². The van der Waals surface area contributed by atoms with Crippen molar-refractivity contribution in [3.05, 3.63) is 69.1 Å². The average molecular weight is 723 g/mol. The number of piperazine rings is 1. The minimum Gasteiger partial charge on any atom is -0.497 e. The molecule has 0 radical (unpaired) electrons. The zero-order chi connectivity index (χ0) is 34.7. The fourth-order valence-electron chi connectivity index (χ4n) is 5.02. The topological polar surface area (TPSA) is 146 Å². The maximum absolute atomic E-state index is 13.8. The molecule has 1 N–H and O–H groups in total. The number of methoxy groups -OCH3 is 1. The maximum atomic E-state index is 13.8. The number of amides is 1. The van der Waals surface area contributed by atoms with Gasteiger partial charge in [-0.15, -0.1) is 0 Å². The van der Waals surface area contributed by atoms with E-state index in [1.807, 2.05) is 0 Å². The van der Waals surface area contributed by atoms with Crippen LogP contribution in [0.3, 0.4) is 0 Å². The predicted octanol–water partition coefficient (Wildman–Crippen LogP) is 4.95. The SMILES string of the molecule is COc1cc(C)c(S(=O)(=O)N(Cc2nc(C(=O)N3CCN(Cc4c(Cl)cncc4Cl)CC3)co2)C2CC2)c(C)c1.O=C(O)C(F)(F)F. The van der Waals surface area contributed by atoms with Crippen molar-refractivity contribution in [2.75, 3.05) is 33.3 Å². The second-order valence-corrected chi connectivity index (χ2v) is 13.6. The lowest BCUT2D eigenvalue weighted by Crippen LogP contribution is -2.48. The highest BCUT2D eigenvalue weighted by molar-refractivity contribution is 7.89. The predicted molar refractivity (Wildman–Crippen MR) is 164 cm³/mol. The summed E-state index contributed by atoms with van der Waals surface area (Å²) in [5.74, 6) is -2.22. The first kappa shape index (κ1) is 36.4. The summed E-state index contributed by atoms with van der Waals surface area (Å²) >= 11 is 12.5. The number of sulfonamides is 1. The van der Waals surface area contributed by atoms with E-state index in [0.717, 1.165) is 18.4 Å². The van der Waals surface area contributed by atoms with Crippen molar-refractivity contribution in [3.63, 3.8) is 0 Å². The summed E-state index contributed by atoms with van der Waals surface area (Å²) in [7, 11) is -2.29. The van der Waals surface area contributed by atoms with Crippen LogP contribution in [0.15, 0.2) is 40.1 Å². The number of carbonyl (C=O) groups excluding carboxylic acids is 1. The van der Waals surface area contributed by atoms with Gasteiger partial charge < -0.3 is 19.2 Å². The highest BCUT2D eigenvalue weighted by atomic mass is 35.5. The number of nitrogens with zero attached hydrogens (tertiary/aromatic N) is 5. The van der Waals surface area contributed by atoms with Gasteiger partial charge in [0.05, 0.1) is 28.6 Å². The second kappa shape index (κ2) is 14.8. The van der Waals surface area contributed by atoms with Crippen molar-refractivity contribution in [3.8, 4) is 5.75 Å². The van der Waals surface area contributed by atoms with Crippen LogP contribution >= 0.6 is 23.2 Å². The highest BCUT2D eigenvalue weighted by Gasteiger charge is 2.41. The molecule has 0 spiro atoms. The van der Waals surface area contributed by atoms with E-state index >= 15 is 0 Å². The summed E-state index contributed by atoms with van der Waals surface area (Å²) in [6, 6.07) is 3.30. The minimum absolute atomic E-state index is 0.0492. The van der Waals surface area contributed by atoms with E-state index in [9.17, 15) is 26.4 Å². The molecule has 256 valence electrons. The highest BCUT2D eigenvalue weighted by Crippen LogP contribution is 2.36. The van der Waals surface area contributed by atoms with Crippen LogP contribution in [0.2, 0.25) is 10.0 Å². The number of ether oxygens (including phenoxy) is 1. The third kappa shape index (κ3) is 8.93. The number of alkyl halides is 3. The van der Waals surface area contributed by atoms with Crippen LogP contribution in [-0.2, 0) is 27.9 Å². The lowest BCUT2D eigenvalue weighted by Gasteiger charge is -2.34. The smallest absolute Gasteiger partial charge is 0.490 e. The van der Waals surface area contributed by atoms with Gasteiger partial charge in [-0.05, 0) is 49.9 Å². The Balaban J connectivity index is 0.000000644. The standard InChI is InChI=1S/C27H31Cl2N5O5S.C2HF3O2/c1-17-10-20(38-3)11-18(2)26(17)40(36,37)34(19-4-5-19)15-25-31-24(16-39-25)27(35)33-8-6-32(7-9-33)14-21-22(28)12-30-13-23(21)29;3-2(4,5)1(6)7/h10-13,16,19H,4-9,14-15H2,1-3H3;(H,6,7). The molecule has 18 heteroatoms. The number of pyridine rings is 1. The van der Waals surface area contributed by atoms with Gasteiger partial charge in [0.2, 0.25) is 15.9 Å². The monoisotopic (exact) mass is 721 g/mol. The van der Waals surface area contributed by atoms with Gasteiger partial charge in [-0.3, -0.25) is 14.7 Å². The van der Waals surface area contributed by atoms with Crippen molar-refractivity contribution in [1.29, 1.82) is 0 Å². The fourth-order valence-corrected chi connectivity index (χ4v) is 7.56. The summed E-state index contributed by atoms with van der Waals surface area (Å²) < 4.78 is 71.6. The number of oxazole rings is 1. The Morgan fingerprint density at radius 2 is 1.64 bits per heavy atom. The van der Waals surface area contributed by atoms with Crippen molar-refractivity contribution in [2.24, 2.45) is 0 Å². The van der Waals surface area contributed by atoms with E-state index in [1.54, 1.807) is 50.4 Å². The van der Waals surface area contributed by atoms with Gasteiger partial charge in [0.25, 0.3) is 5.91 Å². The molecular formula is C29H32Cl2F3N5O7S. The Morgan fingerprint density at radius 1 is 1.09 bits per heavy atom. The largest absolute Gasteiger partial charge is 0.497 e. The Bertz CT molecular complexity index is 1680. The summed E-state index contributed by atoms with van der Waals surface area (Å²) in [4.78, 5) is 34.6. The average Bonchev–Trinajstić information content (AvgIpc) is 3.73. The molecule has 1 aromatic carbocycles. The van der Waals surface area contributed by atoms with Crippen LogP contribution in [-0.4, -0.2) is 95.0 Å². The molecule has 12 nitrogen and oxygen atoms in total. The van der Waals surface area contributed by atoms with E-state index in [-0.39, 0.29) is 35.0 Å². The number of rotatable bonds is 9. The van der Waals surface area contributed by atoms with Gasteiger partial charge in [-0.2, -0.15) is 17.5 Å². The van der Waals surface area contributed by atoms with Gasteiger partial charge in [0, 0.05) is 56.7 Å². The molecule has 1 aliphatic heterocycles. The summed E-state index contributed by atoms with van der Waals surface area (Å²) in [5.41, 5.74) is 2.19. The third-order valence-corrected chi connectivity index (χ3v) is 10.3. The van der Waals surface area contributed by atoms with Crippen LogP contribution in [0, 0.1) is 13.8 Å². The van der Waals surface area contributed by atoms with Crippen LogP contribution in [0.1, 0.15) is 45.9 Å². The Labute approximate surface area is 279 Å². The molecule has 47 heavy (non-hydrogen) atoms. The number of aryl methyl sites for hydroxylation is 2.